The summed E-state index contributed by atoms with van der Waals surface area (Å²) in [5.74, 6) is -2.69. The third kappa shape index (κ3) is 3.64. The number of hydrogen-bond donors (Lipinski definition) is 2. The summed E-state index contributed by atoms with van der Waals surface area (Å²) in [5, 5.41) is 24.0. The molecule has 1 aromatic carbocycles. The molecule has 0 saturated carbocycles. The highest BCUT2D eigenvalue weighted by molar-refractivity contribution is 7.19. The summed E-state index contributed by atoms with van der Waals surface area (Å²) in [6.45, 7) is 2.97. The van der Waals surface area contributed by atoms with E-state index in [2.05, 4.69) is 5.16 Å². The molecule has 170 valence electrons. The van der Waals surface area contributed by atoms with Crippen molar-refractivity contribution < 1.29 is 24.7 Å². The lowest BCUT2D eigenvalue weighted by molar-refractivity contribution is -0.142. The van der Waals surface area contributed by atoms with Crippen molar-refractivity contribution in [1.82, 2.24) is 9.80 Å². The fraction of sp³-hybridized carbons (Fsp3) is 0.478. The Balaban J connectivity index is 1.58. The van der Waals surface area contributed by atoms with Crippen LogP contribution < -0.4 is 0 Å². The minimum Gasteiger partial charge on any atom is -0.481 e. The van der Waals surface area contributed by atoms with Gasteiger partial charge in [0, 0.05) is 35.2 Å². The Hall–Kier alpha value is -2.94. The van der Waals surface area contributed by atoms with Crippen molar-refractivity contribution in [3.8, 4) is 0 Å². The molecular weight excluding hydrogens is 430 g/mol. The number of amides is 3. The SMILES string of the molecule is CN1C(=O)N(C[C@@H](CC(=NO)c2ccc3c4c(sc3c2)CCCC4)C(=O)O)C(=O)C1(C)C. The number of aryl methyl sites for hydroxylation is 2. The zero-order valence-electron chi connectivity index (χ0n) is 18.4. The first-order valence-electron chi connectivity index (χ1n) is 10.7. The van der Waals surface area contributed by atoms with Gasteiger partial charge in [-0.05, 0) is 56.5 Å². The van der Waals surface area contributed by atoms with Crippen molar-refractivity contribution in [1.29, 1.82) is 0 Å². The Morgan fingerprint density at radius 1 is 1.25 bits per heavy atom. The fourth-order valence-corrected chi connectivity index (χ4v) is 5.82. The van der Waals surface area contributed by atoms with E-state index in [1.165, 1.54) is 40.6 Å². The summed E-state index contributed by atoms with van der Waals surface area (Å²) in [7, 11) is 1.52. The topological polar surface area (TPSA) is 111 Å². The van der Waals surface area contributed by atoms with Crippen LogP contribution in [0.3, 0.4) is 0 Å². The number of carboxylic acid groups (broad SMARTS) is 1. The van der Waals surface area contributed by atoms with Gasteiger partial charge in [-0.15, -0.1) is 11.3 Å². The van der Waals surface area contributed by atoms with Crippen molar-refractivity contribution in [2.75, 3.05) is 13.6 Å². The van der Waals surface area contributed by atoms with Crippen LogP contribution in [-0.2, 0) is 22.4 Å². The van der Waals surface area contributed by atoms with Crippen molar-refractivity contribution >= 4 is 45.0 Å². The monoisotopic (exact) mass is 457 g/mol. The van der Waals surface area contributed by atoms with Crippen LogP contribution in [0.1, 0.15) is 49.1 Å². The summed E-state index contributed by atoms with van der Waals surface area (Å²) in [6.07, 6.45) is 4.41. The number of benzene rings is 1. The maximum absolute atomic E-state index is 12.7. The molecule has 4 rings (SSSR count). The van der Waals surface area contributed by atoms with E-state index in [-0.39, 0.29) is 18.7 Å². The lowest BCUT2D eigenvalue weighted by atomic mass is 9.94. The number of rotatable bonds is 6. The van der Waals surface area contributed by atoms with E-state index in [0.29, 0.717) is 5.56 Å². The van der Waals surface area contributed by atoms with Crippen LogP contribution in [0.15, 0.2) is 23.4 Å². The van der Waals surface area contributed by atoms with Gasteiger partial charge in [0.1, 0.15) is 5.54 Å². The molecule has 1 aliphatic carbocycles. The number of hydrogen-bond acceptors (Lipinski definition) is 6. The normalized spacial score (nSPS) is 19.5. The maximum Gasteiger partial charge on any atom is 0.327 e. The van der Waals surface area contributed by atoms with E-state index in [0.717, 1.165) is 22.4 Å². The van der Waals surface area contributed by atoms with Gasteiger partial charge in [0.25, 0.3) is 5.91 Å². The molecule has 0 radical (unpaired) electrons. The third-order valence-electron chi connectivity index (χ3n) is 6.73. The summed E-state index contributed by atoms with van der Waals surface area (Å²) in [5.41, 5.74) is 1.22. The predicted molar refractivity (Wildman–Crippen MR) is 121 cm³/mol. The Bertz CT molecular complexity index is 1140. The fourth-order valence-electron chi connectivity index (χ4n) is 4.49. The molecule has 0 spiro atoms. The van der Waals surface area contributed by atoms with Crippen molar-refractivity contribution in [3.63, 3.8) is 0 Å². The second-order valence-electron chi connectivity index (χ2n) is 9.02. The Morgan fingerprint density at radius 2 is 1.97 bits per heavy atom. The minimum atomic E-state index is -1.16. The number of oxime groups is 1. The molecule has 2 aromatic rings. The first kappa shape index (κ1) is 22.3. The number of imide groups is 1. The van der Waals surface area contributed by atoms with Crippen LogP contribution in [0, 0.1) is 5.92 Å². The molecule has 8 nitrogen and oxygen atoms in total. The molecule has 32 heavy (non-hydrogen) atoms. The molecule has 0 unspecified atom stereocenters. The summed E-state index contributed by atoms with van der Waals surface area (Å²) in [6, 6.07) is 5.27. The summed E-state index contributed by atoms with van der Waals surface area (Å²) < 4.78 is 1.09. The lowest BCUT2D eigenvalue weighted by Crippen LogP contribution is -2.42. The zero-order chi connectivity index (χ0) is 23.2. The lowest BCUT2D eigenvalue weighted by Gasteiger charge is -2.22. The van der Waals surface area contributed by atoms with E-state index in [1.54, 1.807) is 25.2 Å². The predicted octanol–water partition coefficient (Wildman–Crippen LogP) is 3.72. The number of likely N-dealkylation sites (N-methyl/N-ethyl adjacent to an activating group) is 1. The van der Waals surface area contributed by atoms with E-state index in [4.69, 9.17) is 0 Å². The van der Waals surface area contributed by atoms with Crippen molar-refractivity contribution in [2.45, 2.75) is 51.5 Å². The molecular formula is C23H27N3O5S. The van der Waals surface area contributed by atoms with Gasteiger partial charge in [0.15, 0.2) is 0 Å². The number of carboxylic acids is 1. The Labute approximate surface area is 190 Å². The number of aliphatic carboxylic acids is 1. The van der Waals surface area contributed by atoms with Gasteiger partial charge >= 0.3 is 12.0 Å². The minimum absolute atomic E-state index is 0.108. The van der Waals surface area contributed by atoms with E-state index < -0.39 is 29.4 Å². The van der Waals surface area contributed by atoms with Crippen LogP contribution in [0.25, 0.3) is 10.1 Å². The molecule has 1 aliphatic heterocycles. The first-order chi connectivity index (χ1) is 15.1. The highest BCUT2D eigenvalue weighted by Gasteiger charge is 2.50. The zero-order valence-corrected chi connectivity index (χ0v) is 19.2. The van der Waals surface area contributed by atoms with Gasteiger partial charge < -0.3 is 15.2 Å². The highest BCUT2D eigenvalue weighted by atomic mass is 32.1. The first-order valence-corrected chi connectivity index (χ1v) is 11.5. The van der Waals surface area contributed by atoms with Crippen LogP contribution in [0.2, 0.25) is 0 Å². The number of carbonyl (C=O) groups excluding carboxylic acids is 2. The molecule has 2 N–H and O–H groups in total. The molecule has 2 aliphatic rings. The molecule has 3 amide bonds. The van der Waals surface area contributed by atoms with Gasteiger partial charge in [0.05, 0.1) is 11.6 Å². The largest absolute Gasteiger partial charge is 0.481 e. The van der Waals surface area contributed by atoms with Crippen LogP contribution in [0.5, 0.6) is 0 Å². The van der Waals surface area contributed by atoms with Gasteiger partial charge in [0.2, 0.25) is 0 Å². The average molecular weight is 458 g/mol. The Morgan fingerprint density at radius 3 is 2.59 bits per heavy atom. The molecule has 2 heterocycles. The highest BCUT2D eigenvalue weighted by Crippen LogP contribution is 2.37. The number of urea groups is 1. The Kier molecular flexibility index (Phi) is 5.70. The van der Waals surface area contributed by atoms with Crippen LogP contribution >= 0.6 is 11.3 Å². The van der Waals surface area contributed by atoms with Crippen LogP contribution in [0.4, 0.5) is 4.79 Å². The number of fused-ring (bicyclic) bond motifs is 3. The van der Waals surface area contributed by atoms with Gasteiger partial charge in [-0.3, -0.25) is 14.5 Å². The smallest absolute Gasteiger partial charge is 0.327 e. The number of nitrogens with zero attached hydrogens (tertiary/aromatic N) is 3. The quantitative estimate of drug-likeness (QED) is 0.297. The third-order valence-corrected chi connectivity index (χ3v) is 7.98. The molecule has 1 aromatic heterocycles. The van der Waals surface area contributed by atoms with Gasteiger partial charge in [-0.2, -0.15) is 0 Å². The van der Waals surface area contributed by atoms with E-state index in [1.807, 2.05) is 18.2 Å². The van der Waals surface area contributed by atoms with E-state index in [9.17, 15) is 24.7 Å². The average Bonchev–Trinajstić information content (AvgIpc) is 3.21. The summed E-state index contributed by atoms with van der Waals surface area (Å²) in [4.78, 5) is 40.8. The van der Waals surface area contributed by atoms with Crippen molar-refractivity contribution in [2.24, 2.45) is 11.1 Å². The number of thiophene rings is 1. The maximum atomic E-state index is 12.7. The van der Waals surface area contributed by atoms with Gasteiger partial charge in [-0.1, -0.05) is 17.3 Å². The van der Waals surface area contributed by atoms with Gasteiger partial charge in [-0.25, -0.2) is 4.79 Å². The second kappa shape index (κ2) is 8.20. The molecule has 1 saturated heterocycles. The van der Waals surface area contributed by atoms with E-state index >= 15 is 0 Å². The molecule has 1 atom stereocenters. The molecule has 9 heteroatoms. The summed E-state index contributed by atoms with van der Waals surface area (Å²) >= 11 is 1.74. The second-order valence-corrected chi connectivity index (χ2v) is 10.2. The van der Waals surface area contributed by atoms with Crippen LogP contribution in [-0.4, -0.2) is 62.9 Å². The number of carbonyl (C=O) groups is 3. The molecule has 0 bridgehead atoms. The van der Waals surface area contributed by atoms with Crippen molar-refractivity contribution in [3.05, 3.63) is 34.2 Å². The standard InChI is InChI=1S/C23H27N3O5S/c1-23(2)21(29)26(22(30)25(23)3)12-14(20(27)28)10-17(24-31)13-8-9-16-15-6-4-5-7-18(15)32-19(16)11-13/h8-9,11,14,31H,4-7,10,12H2,1-3H3,(H,27,28)/t14-/m1/s1. The molecule has 1 fully saturated rings.